The van der Waals surface area contributed by atoms with E-state index in [0.29, 0.717) is 18.8 Å². The first-order valence-corrected chi connectivity index (χ1v) is 15.9. The van der Waals surface area contributed by atoms with Crippen molar-refractivity contribution >= 4 is 11.8 Å². The number of ether oxygens (including phenoxy) is 4. The molecule has 42 heavy (non-hydrogen) atoms. The Kier molecular flexibility index (Phi) is 12.0. The number of ketones is 1. The first-order valence-electron chi connectivity index (χ1n) is 15.9. The Morgan fingerprint density at radius 2 is 1.69 bits per heavy atom. The van der Waals surface area contributed by atoms with Crippen LogP contribution in [0.2, 0.25) is 0 Å². The Hall–Kier alpha value is -1.14. The van der Waals surface area contributed by atoms with Crippen molar-refractivity contribution < 1.29 is 33.6 Å². The largest absolute Gasteiger partial charge is 0.460 e. The molecule has 3 aliphatic rings. The van der Waals surface area contributed by atoms with Crippen LogP contribution in [-0.2, 0) is 28.5 Å². The number of hydrogen-bond acceptors (Lipinski definition) is 10. The molecule has 0 amide bonds. The van der Waals surface area contributed by atoms with Crippen molar-refractivity contribution in [2.24, 2.45) is 23.2 Å². The molecule has 244 valence electrons. The van der Waals surface area contributed by atoms with Gasteiger partial charge in [0.25, 0.3) is 0 Å². The molecule has 3 fully saturated rings. The summed E-state index contributed by atoms with van der Waals surface area (Å²) in [6, 6.07) is -0.139. The highest BCUT2D eigenvalue weighted by Gasteiger charge is 2.52. The second-order valence-corrected chi connectivity index (χ2v) is 14.4. The van der Waals surface area contributed by atoms with Crippen molar-refractivity contribution in [1.82, 2.24) is 15.1 Å². The summed E-state index contributed by atoms with van der Waals surface area (Å²) < 4.78 is 25.1. The van der Waals surface area contributed by atoms with Gasteiger partial charge in [-0.2, -0.15) is 0 Å². The molecular weight excluding hydrogens is 538 g/mol. The quantitative estimate of drug-likeness (QED) is 0.363. The Morgan fingerprint density at radius 1 is 1.07 bits per heavy atom. The van der Waals surface area contributed by atoms with Gasteiger partial charge in [-0.15, -0.1) is 0 Å². The number of Topliss-reactive ketones (excluding diaryl/α,β-unsaturated/α-hetero) is 1. The number of methoxy groups -OCH3 is 1. The summed E-state index contributed by atoms with van der Waals surface area (Å²) in [4.78, 5) is 32.3. The normalized spacial score (nSPS) is 42.0. The maximum absolute atomic E-state index is 14.2. The second kappa shape index (κ2) is 14.3. The highest BCUT2D eigenvalue weighted by Crippen LogP contribution is 2.39. The minimum atomic E-state index is -1.41. The number of carbonyl (C=O) groups is 2. The first-order chi connectivity index (χ1) is 19.5. The Morgan fingerprint density at radius 3 is 2.26 bits per heavy atom. The summed E-state index contributed by atoms with van der Waals surface area (Å²) in [6.07, 6.45) is 0.0902. The van der Waals surface area contributed by atoms with Gasteiger partial charge < -0.3 is 34.3 Å². The van der Waals surface area contributed by atoms with Gasteiger partial charge in [0.2, 0.25) is 0 Å². The van der Waals surface area contributed by atoms with E-state index < -0.39 is 41.4 Å². The van der Waals surface area contributed by atoms with Crippen molar-refractivity contribution in [3.63, 3.8) is 0 Å². The SMILES string of the molecule is CO[C@]1(C)C[C@@H](C)CN(C)C(C2CCNCC2)[C@H](C)OC(=O)C(C)(C)C(=O)[C@H](C)[C@H]1O[C@@H]1O[C@H](C)C[C@H](N(C)C)[C@H]1O. The number of cyclic esters (lactones) is 1. The average Bonchev–Trinajstić information content (AvgIpc) is 2.92. The highest BCUT2D eigenvalue weighted by molar-refractivity contribution is 6.04. The molecule has 3 aliphatic heterocycles. The fraction of sp³-hybridized carbons (Fsp3) is 0.938. The molecule has 0 spiro atoms. The van der Waals surface area contributed by atoms with Gasteiger partial charge in [-0.1, -0.05) is 13.8 Å². The lowest BCUT2D eigenvalue weighted by Crippen LogP contribution is -2.59. The Balaban J connectivity index is 2.03. The van der Waals surface area contributed by atoms with Gasteiger partial charge in [-0.05, 0) is 106 Å². The molecule has 10 atom stereocenters. The zero-order chi connectivity index (χ0) is 31.6. The fourth-order valence-electron chi connectivity index (χ4n) is 7.76. The van der Waals surface area contributed by atoms with Gasteiger partial charge >= 0.3 is 5.97 Å². The van der Waals surface area contributed by atoms with Crippen LogP contribution in [0.15, 0.2) is 0 Å². The summed E-state index contributed by atoms with van der Waals surface area (Å²) in [5, 5.41) is 14.7. The lowest BCUT2D eigenvalue weighted by molar-refractivity contribution is -0.295. The number of nitrogens with zero attached hydrogens (tertiary/aromatic N) is 2. The van der Waals surface area contributed by atoms with E-state index in [-0.39, 0.29) is 36.0 Å². The summed E-state index contributed by atoms with van der Waals surface area (Å²) in [5.74, 6) is -1.02. The number of aliphatic hydroxyl groups is 1. The Bertz CT molecular complexity index is 911. The van der Waals surface area contributed by atoms with E-state index in [0.717, 1.165) is 32.5 Å². The zero-order valence-corrected chi connectivity index (χ0v) is 28.0. The first kappa shape index (κ1) is 35.3. The number of aliphatic hydroxyl groups excluding tert-OH is 1. The molecule has 3 saturated heterocycles. The van der Waals surface area contributed by atoms with Gasteiger partial charge in [0.1, 0.15) is 17.6 Å². The van der Waals surface area contributed by atoms with Crippen LogP contribution in [-0.4, -0.2) is 123 Å². The summed E-state index contributed by atoms with van der Waals surface area (Å²) in [7, 11) is 7.61. The molecule has 0 aromatic heterocycles. The Labute approximate surface area is 254 Å². The van der Waals surface area contributed by atoms with Crippen LogP contribution in [0.4, 0.5) is 0 Å². The lowest BCUT2D eigenvalue weighted by atomic mass is 9.74. The van der Waals surface area contributed by atoms with Crippen LogP contribution in [0.5, 0.6) is 0 Å². The topological polar surface area (TPSA) is 110 Å². The molecule has 2 N–H and O–H groups in total. The van der Waals surface area contributed by atoms with Gasteiger partial charge in [-0.3, -0.25) is 14.5 Å². The molecule has 0 aromatic carbocycles. The van der Waals surface area contributed by atoms with E-state index in [1.54, 1.807) is 27.9 Å². The minimum absolute atomic E-state index is 0.0265. The predicted molar refractivity (Wildman–Crippen MR) is 162 cm³/mol. The van der Waals surface area contributed by atoms with Crippen molar-refractivity contribution in [3.8, 4) is 0 Å². The predicted octanol–water partition coefficient (Wildman–Crippen LogP) is 2.71. The summed E-state index contributed by atoms with van der Waals surface area (Å²) in [6.45, 7) is 15.8. The third kappa shape index (κ3) is 7.73. The number of likely N-dealkylation sites (N-methyl/N-ethyl adjacent to an activating group) is 2. The third-order valence-electron chi connectivity index (χ3n) is 10.1. The number of esters is 1. The number of piperidine rings is 1. The van der Waals surface area contributed by atoms with Gasteiger partial charge in [0.05, 0.1) is 17.8 Å². The van der Waals surface area contributed by atoms with Crippen LogP contribution in [0, 0.1) is 23.2 Å². The van der Waals surface area contributed by atoms with Crippen molar-refractivity contribution in [2.75, 3.05) is 47.9 Å². The van der Waals surface area contributed by atoms with E-state index in [2.05, 4.69) is 24.2 Å². The second-order valence-electron chi connectivity index (χ2n) is 14.4. The number of rotatable bonds is 5. The van der Waals surface area contributed by atoms with Crippen molar-refractivity contribution in [3.05, 3.63) is 0 Å². The van der Waals surface area contributed by atoms with Crippen LogP contribution >= 0.6 is 0 Å². The average molecular weight is 598 g/mol. The van der Waals surface area contributed by atoms with Gasteiger partial charge in [0, 0.05) is 31.7 Å². The van der Waals surface area contributed by atoms with Crippen LogP contribution in [0.25, 0.3) is 0 Å². The number of hydrogen-bond donors (Lipinski definition) is 2. The molecule has 3 heterocycles. The number of carbonyl (C=O) groups excluding carboxylic acids is 2. The van der Waals surface area contributed by atoms with Crippen LogP contribution in [0.3, 0.4) is 0 Å². The van der Waals surface area contributed by atoms with E-state index >= 15 is 0 Å². The van der Waals surface area contributed by atoms with Crippen LogP contribution < -0.4 is 5.32 Å². The minimum Gasteiger partial charge on any atom is -0.460 e. The maximum atomic E-state index is 14.2. The maximum Gasteiger partial charge on any atom is 0.319 e. The molecule has 0 bridgehead atoms. The molecule has 0 aliphatic carbocycles. The molecule has 0 aromatic rings. The zero-order valence-electron chi connectivity index (χ0n) is 28.0. The van der Waals surface area contributed by atoms with Gasteiger partial charge in [0.15, 0.2) is 12.1 Å². The lowest BCUT2D eigenvalue weighted by Gasteiger charge is -2.47. The summed E-state index contributed by atoms with van der Waals surface area (Å²) in [5.41, 5.74) is -2.32. The molecule has 3 rings (SSSR count). The number of nitrogens with one attached hydrogen (secondary N) is 1. The standard InChI is InChI=1S/C32H59N3O7/c1-19-17-32(7,39-11)28(42-29-26(36)24(34(8)9)16-20(2)40-29)21(3)27(37)31(5,6)30(38)41-22(4)25(35(10)18-19)23-12-14-33-15-13-23/h19-26,28-29,33,36H,12-18H2,1-11H3/t19-,20-,21+,22+,24+,25?,26-,28-,29+,32-/m1/s1. The van der Waals surface area contributed by atoms with Crippen molar-refractivity contribution in [2.45, 2.75) is 123 Å². The molecule has 0 saturated carbocycles. The van der Waals surface area contributed by atoms with Crippen molar-refractivity contribution in [1.29, 1.82) is 0 Å². The van der Waals surface area contributed by atoms with E-state index in [1.807, 2.05) is 39.8 Å². The third-order valence-corrected chi connectivity index (χ3v) is 10.1. The van der Waals surface area contributed by atoms with E-state index in [1.165, 1.54) is 0 Å². The molecule has 10 heteroatoms. The molecule has 1 unspecified atom stereocenters. The monoisotopic (exact) mass is 597 g/mol. The fourth-order valence-corrected chi connectivity index (χ4v) is 7.76. The smallest absolute Gasteiger partial charge is 0.319 e. The highest BCUT2D eigenvalue weighted by atomic mass is 16.7. The van der Waals surface area contributed by atoms with E-state index in [4.69, 9.17) is 18.9 Å². The van der Waals surface area contributed by atoms with E-state index in [9.17, 15) is 14.7 Å². The van der Waals surface area contributed by atoms with Crippen LogP contribution in [0.1, 0.15) is 74.1 Å². The van der Waals surface area contributed by atoms with Gasteiger partial charge in [-0.25, -0.2) is 0 Å². The molecule has 10 nitrogen and oxygen atoms in total. The molecule has 0 radical (unpaired) electrons. The summed E-state index contributed by atoms with van der Waals surface area (Å²) >= 11 is 0. The molecular formula is C32H59N3O7.